The second-order valence-electron chi connectivity index (χ2n) is 7.22. The second-order valence-corrected chi connectivity index (χ2v) is 7.63. The van der Waals surface area contributed by atoms with Crippen molar-refractivity contribution in [1.82, 2.24) is 20.1 Å². The number of fused-ring (bicyclic) bond motifs is 1. The van der Waals surface area contributed by atoms with Crippen LogP contribution in [-0.2, 0) is 17.8 Å². The first kappa shape index (κ1) is 22.9. The largest absolute Gasteiger partial charge is 0.325 e. The minimum Gasteiger partial charge on any atom is -0.325 e. The zero-order valence-corrected chi connectivity index (χ0v) is 18.0. The van der Waals surface area contributed by atoms with Gasteiger partial charge in [0.05, 0.1) is 11.6 Å². The smallest absolute Gasteiger partial charge is 0.238 e. The highest BCUT2D eigenvalue weighted by atomic mass is 35.5. The van der Waals surface area contributed by atoms with Crippen LogP contribution in [0.2, 0.25) is 5.02 Å². The number of nitrogens with one attached hydrogen (secondary N) is 2. The Balaban J connectivity index is 0.00000140. The Labute approximate surface area is 182 Å². The Morgan fingerprint density at radius 2 is 2.00 bits per heavy atom. The summed E-state index contributed by atoms with van der Waals surface area (Å²) in [5.41, 5.74) is 1.55. The van der Waals surface area contributed by atoms with Crippen LogP contribution in [0.25, 0.3) is 11.4 Å². The number of rotatable bonds is 6. The molecule has 0 unspecified atom stereocenters. The highest BCUT2D eigenvalue weighted by Gasteiger charge is 2.21. The van der Waals surface area contributed by atoms with E-state index in [0.717, 1.165) is 61.2 Å². The van der Waals surface area contributed by atoms with Crippen LogP contribution < -0.4 is 10.6 Å². The van der Waals surface area contributed by atoms with Crippen LogP contribution in [0.5, 0.6) is 0 Å². The summed E-state index contributed by atoms with van der Waals surface area (Å²) < 4.78 is 2.16. The summed E-state index contributed by atoms with van der Waals surface area (Å²) in [6, 6.07) is 5.52. The zero-order valence-electron chi connectivity index (χ0n) is 15.6. The molecule has 1 aromatic heterocycles. The van der Waals surface area contributed by atoms with Gasteiger partial charge in [-0.25, -0.2) is 0 Å². The summed E-state index contributed by atoms with van der Waals surface area (Å²) in [7, 11) is 0. The maximum atomic E-state index is 12.1. The number of amides is 1. The van der Waals surface area contributed by atoms with Gasteiger partial charge in [0.25, 0.3) is 0 Å². The minimum absolute atomic E-state index is 0. The van der Waals surface area contributed by atoms with Crippen LogP contribution in [0, 0.1) is 5.92 Å². The van der Waals surface area contributed by atoms with Gasteiger partial charge in [-0.15, -0.1) is 35.0 Å². The zero-order chi connectivity index (χ0) is 17.9. The third-order valence-electron chi connectivity index (χ3n) is 5.02. The third-order valence-corrected chi connectivity index (χ3v) is 5.35. The molecule has 0 atom stereocenters. The number of nitrogens with zero attached hydrogens (tertiary/aromatic N) is 3. The van der Waals surface area contributed by atoms with Gasteiger partial charge >= 0.3 is 0 Å². The summed E-state index contributed by atoms with van der Waals surface area (Å²) in [6.45, 7) is 2.16. The SMILES string of the molecule is Cl.Cl.O=C(CNCC1CC1)Nc1ccc(Cl)c(-c2nnc3n2CCCCC3)c1. The Morgan fingerprint density at radius 3 is 2.79 bits per heavy atom. The number of halogens is 3. The Hall–Kier alpha value is -1.34. The number of hydrogen-bond acceptors (Lipinski definition) is 4. The van der Waals surface area contributed by atoms with E-state index in [2.05, 4.69) is 25.4 Å². The van der Waals surface area contributed by atoms with E-state index in [4.69, 9.17) is 11.6 Å². The lowest BCUT2D eigenvalue weighted by Crippen LogP contribution is -2.29. The second kappa shape index (κ2) is 10.4. The minimum atomic E-state index is -0.0426. The first-order chi connectivity index (χ1) is 12.7. The van der Waals surface area contributed by atoms with Gasteiger partial charge in [-0.1, -0.05) is 18.0 Å². The van der Waals surface area contributed by atoms with Crippen LogP contribution in [0.1, 0.15) is 37.9 Å². The third kappa shape index (κ3) is 5.60. The van der Waals surface area contributed by atoms with Crippen molar-refractivity contribution < 1.29 is 4.79 Å². The average Bonchev–Trinajstić information content (AvgIpc) is 3.41. The van der Waals surface area contributed by atoms with Crippen molar-refractivity contribution in [1.29, 1.82) is 0 Å². The molecule has 4 rings (SSSR count). The van der Waals surface area contributed by atoms with Gasteiger partial charge in [-0.2, -0.15) is 0 Å². The molecule has 0 spiro atoms. The van der Waals surface area contributed by atoms with Crippen LogP contribution in [0.15, 0.2) is 18.2 Å². The Kier molecular flexibility index (Phi) is 8.56. The maximum Gasteiger partial charge on any atom is 0.238 e. The molecule has 28 heavy (non-hydrogen) atoms. The summed E-state index contributed by atoms with van der Waals surface area (Å²) in [5.74, 6) is 2.52. The van der Waals surface area contributed by atoms with Gasteiger partial charge in [-0.05, 0) is 56.3 Å². The number of hydrogen-bond donors (Lipinski definition) is 2. The molecule has 1 amide bonds. The molecule has 1 aromatic carbocycles. The maximum absolute atomic E-state index is 12.1. The van der Waals surface area contributed by atoms with Crippen LogP contribution >= 0.6 is 36.4 Å². The van der Waals surface area contributed by atoms with E-state index in [1.54, 1.807) is 0 Å². The molecule has 2 aromatic rings. The fourth-order valence-electron chi connectivity index (χ4n) is 3.38. The Morgan fingerprint density at radius 1 is 1.18 bits per heavy atom. The standard InChI is InChI=1S/C19H24ClN5O.2ClH/c20-16-8-7-14(22-18(26)12-21-11-13-5-6-13)10-15(16)19-24-23-17-4-2-1-3-9-25(17)19;;/h7-8,10,13,21H,1-6,9,11-12H2,(H,22,26);2*1H. The van der Waals surface area contributed by atoms with Crippen LogP contribution in [0.4, 0.5) is 5.69 Å². The van der Waals surface area contributed by atoms with Crippen LogP contribution in [0.3, 0.4) is 0 Å². The summed E-state index contributed by atoms with van der Waals surface area (Å²) in [5, 5.41) is 15.5. The number of aromatic nitrogens is 3. The summed E-state index contributed by atoms with van der Waals surface area (Å²) in [4.78, 5) is 12.1. The van der Waals surface area contributed by atoms with Crippen molar-refractivity contribution in [2.75, 3.05) is 18.4 Å². The van der Waals surface area contributed by atoms with E-state index in [-0.39, 0.29) is 30.7 Å². The average molecular weight is 447 g/mol. The predicted molar refractivity (Wildman–Crippen MR) is 117 cm³/mol. The fourth-order valence-corrected chi connectivity index (χ4v) is 3.58. The van der Waals surface area contributed by atoms with E-state index in [0.29, 0.717) is 11.6 Å². The first-order valence-corrected chi connectivity index (χ1v) is 9.81. The van der Waals surface area contributed by atoms with E-state index in [1.165, 1.54) is 19.3 Å². The van der Waals surface area contributed by atoms with Gasteiger partial charge in [0.15, 0.2) is 5.82 Å². The molecular weight excluding hydrogens is 421 g/mol. The van der Waals surface area contributed by atoms with Crippen molar-refractivity contribution >= 4 is 48.0 Å². The molecule has 1 aliphatic carbocycles. The highest BCUT2D eigenvalue weighted by Crippen LogP contribution is 2.31. The van der Waals surface area contributed by atoms with E-state index in [9.17, 15) is 4.79 Å². The molecule has 2 aliphatic rings. The lowest BCUT2D eigenvalue weighted by atomic mass is 10.1. The van der Waals surface area contributed by atoms with E-state index < -0.39 is 0 Å². The van der Waals surface area contributed by atoms with Crippen molar-refractivity contribution in [3.05, 3.63) is 29.0 Å². The predicted octanol–water partition coefficient (Wildman–Crippen LogP) is 4.11. The molecule has 1 saturated carbocycles. The molecular formula is C19H26Cl3N5O. The molecule has 1 aliphatic heterocycles. The lowest BCUT2D eigenvalue weighted by Gasteiger charge is -2.11. The van der Waals surface area contributed by atoms with Gasteiger partial charge in [0, 0.05) is 24.2 Å². The van der Waals surface area contributed by atoms with E-state index in [1.807, 2.05) is 18.2 Å². The summed E-state index contributed by atoms with van der Waals surface area (Å²) in [6.07, 6.45) is 6.98. The molecule has 9 heteroatoms. The molecule has 154 valence electrons. The number of carbonyl (C=O) groups excluding carboxylic acids is 1. The topological polar surface area (TPSA) is 71.8 Å². The molecule has 0 radical (unpaired) electrons. The molecule has 0 saturated heterocycles. The summed E-state index contributed by atoms with van der Waals surface area (Å²) >= 11 is 6.43. The molecule has 2 N–H and O–H groups in total. The van der Waals surface area contributed by atoms with E-state index >= 15 is 0 Å². The van der Waals surface area contributed by atoms with Crippen molar-refractivity contribution in [2.24, 2.45) is 5.92 Å². The lowest BCUT2D eigenvalue weighted by molar-refractivity contribution is -0.115. The normalized spacial score (nSPS) is 15.6. The van der Waals surface area contributed by atoms with Crippen molar-refractivity contribution in [2.45, 2.75) is 45.1 Å². The van der Waals surface area contributed by atoms with Crippen molar-refractivity contribution in [3.8, 4) is 11.4 Å². The molecule has 0 bridgehead atoms. The monoisotopic (exact) mass is 445 g/mol. The number of aryl methyl sites for hydroxylation is 1. The number of carbonyl (C=O) groups is 1. The first-order valence-electron chi connectivity index (χ1n) is 9.43. The number of anilines is 1. The number of benzene rings is 1. The van der Waals surface area contributed by atoms with Gasteiger partial charge < -0.3 is 15.2 Å². The quantitative estimate of drug-likeness (QED) is 0.700. The molecule has 2 heterocycles. The molecule has 6 nitrogen and oxygen atoms in total. The van der Waals surface area contributed by atoms with Gasteiger partial charge in [0.1, 0.15) is 5.82 Å². The Bertz CT molecular complexity index is 807. The highest BCUT2D eigenvalue weighted by molar-refractivity contribution is 6.33. The van der Waals surface area contributed by atoms with Gasteiger partial charge in [0.2, 0.25) is 5.91 Å². The fraction of sp³-hybridized carbons (Fsp3) is 0.526. The van der Waals surface area contributed by atoms with Crippen molar-refractivity contribution in [3.63, 3.8) is 0 Å². The van der Waals surface area contributed by atoms with Crippen LogP contribution in [-0.4, -0.2) is 33.8 Å². The molecule has 1 fully saturated rings. The van der Waals surface area contributed by atoms with Gasteiger partial charge in [-0.3, -0.25) is 4.79 Å².